The van der Waals surface area contributed by atoms with Crippen molar-refractivity contribution in [2.24, 2.45) is 0 Å². The van der Waals surface area contributed by atoms with Gasteiger partial charge in [0.1, 0.15) is 0 Å². The van der Waals surface area contributed by atoms with Gasteiger partial charge in [-0.15, -0.1) is 0 Å². The summed E-state index contributed by atoms with van der Waals surface area (Å²) in [6.07, 6.45) is 0. The van der Waals surface area contributed by atoms with Crippen LogP contribution in [0.25, 0.3) is 22.2 Å². The molecule has 0 aliphatic carbocycles. The maximum atomic E-state index is 10.8. The summed E-state index contributed by atoms with van der Waals surface area (Å²) in [7, 11) is 0. The zero-order valence-electron chi connectivity index (χ0n) is 9.76. The highest BCUT2D eigenvalue weighted by Gasteiger charge is 2.10. The SMILES string of the molecule is O=[N+]([O-])c1ccc2[nH]c(-c3ccccc3I)cc2c1. The molecule has 0 bridgehead atoms. The van der Waals surface area contributed by atoms with Gasteiger partial charge in [0, 0.05) is 37.9 Å². The molecule has 0 radical (unpaired) electrons. The summed E-state index contributed by atoms with van der Waals surface area (Å²) in [6.45, 7) is 0. The van der Waals surface area contributed by atoms with Crippen LogP contribution in [-0.4, -0.2) is 9.91 Å². The molecule has 2 aromatic carbocycles. The number of nitro benzene ring substituents is 1. The van der Waals surface area contributed by atoms with Crippen LogP contribution in [0.3, 0.4) is 0 Å². The second-order valence-corrected chi connectivity index (χ2v) is 5.35. The van der Waals surface area contributed by atoms with Gasteiger partial charge in [-0.2, -0.15) is 0 Å². The van der Waals surface area contributed by atoms with E-state index in [1.165, 1.54) is 6.07 Å². The second-order valence-electron chi connectivity index (χ2n) is 4.19. The van der Waals surface area contributed by atoms with Gasteiger partial charge in [-0.25, -0.2) is 0 Å². The number of hydrogen-bond donors (Lipinski definition) is 1. The van der Waals surface area contributed by atoms with E-state index in [-0.39, 0.29) is 10.6 Å². The van der Waals surface area contributed by atoms with Crippen molar-refractivity contribution >= 4 is 39.2 Å². The molecule has 0 aliphatic rings. The van der Waals surface area contributed by atoms with Crippen molar-refractivity contribution in [3.63, 3.8) is 0 Å². The van der Waals surface area contributed by atoms with E-state index in [9.17, 15) is 10.1 Å². The largest absolute Gasteiger partial charge is 0.354 e. The maximum Gasteiger partial charge on any atom is 0.270 e. The van der Waals surface area contributed by atoms with Crippen LogP contribution >= 0.6 is 22.6 Å². The number of nitrogens with zero attached hydrogens (tertiary/aromatic N) is 1. The van der Waals surface area contributed by atoms with Crippen molar-refractivity contribution in [3.05, 3.63) is 62.2 Å². The molecule has 1 aromatic heterocycles. The molecule has 0 saturated carbocycles. The van der Waals surface area contributed by atoms with Crippen molar-refractivity contribution in [2.45, 2.75) is 0 Å². The van der Waals surface area contributed by atoms with Crippen molar-refractivity contribution in [1.82, 2.24) is 4.98 Å². The smallest absolute Gasteiger partial charge is 0.270 e. The van der Waals surface area contributed by atoms with Gasteiger partial charge in [-0.3, -0.25) is 10.1 Å². The van der Waals surface area contributed by atoms with Crippen molar-refractivity contribution in [3.8, 4) is 11.3 Å². The predicted octanol–water partition coefficient (Wildman–Crippen LogP) is 4.35. The Labute approximate surface area is 122 Å². The molecule has 1 N–H and O–H groups in total. The Bertz CT molecular complexity index is 780. The van der Waals surface area contributed by atoms with Crippen LogP contribution in [0.5, 0.6) is 0 Å². The van der Waals surface area contributed by atoms with E-state index in [1.54, 1.807) is 12.1 Å². The van der Waals surface area contributed by atoms with Crippen LogP contribution < -0.4 is 0 Å². The highest BCUT2D eigenvalue weighted by molar-refractivity contribution is 14.1. The molecule has 0 amide bonds. The topological polar surface area (TPSA) is 58.9 Å². The summed E-state index contributed by atoms with van der Waals surface area (Å²) in [5.74, 6) is 0. The van der Waals surface area contributed by atoms with Gasteiger partial charge >= 0.3 is 0 Å². The Morgan fingerprint density at radius 2 is 1.89 bits per heavy atom. The molecular formula is C14H9IN2O2. The monoisotopic (exact) mass is 364 g/mol. The zero-order valence-corrected chi connectivity index (χ0v) is 11.9. The molecule has 0 fully saturated rings. The van der Waals surface area contributed by atoms with Gasteiger partial charge in [0.2, 0.25) is 0 Å². The van der Waals surface area contributed by atoms with E-state index in [0.29, 0.717) is 0 Å². The lowest BCUT2D eigenvalue weighted by Gasteiger charge is -2.00. The first-order valence-corrected chi connectivity index (χ1v) is 6.75. The van der Waals surface area contributed by atoms with E-state index in [1.807, 2.05) is 30.3 Å². The van der Waals surface area contributed by atoms with E-state index in [0.717, 1.165) is 25.7 Å². The molecule has 3 rings (SSSR count). The lowest BCUT2D eigenvalue weighted by atomic mass is 10.1. The van der Waals surface area contributed by atoms with Crippen LogP contribution in [0.1, 0.15) is 0 Å². The van der Waals surface area contributed by atoms with Gasteiger partial charge < -0.3 is 4.98 Å². The number of rotatable bonds is 2. The number of aromatic nitrogens is 1. The molecule has 0 aliphatic heterocycles. The quantitative estimate of drug-likeness (QED) is 0.418. The number of aromatic amines is 1. The Morgan fingerprint density at radius 3 is 2.63 bits per heavy atom. The Kier molecular flexibility index (Phi) is 2.98. The van der Waals surface area contributed by atoms with Crippen LogP contribution in [0, 0.1) is 13.7 Å². The minimum atomic E-state index is -0.377. The molecule has 3 aromatic rings. The summed E-state index contributed by atoms with van der Waals surface area (Å²) < 4.78 is 1.14. The molecule has 0 atom stereocenters. The van der Waals surface area contributed by atoms with Crippen LogP contribution in [-0.2, 0) is 0 Å². The fourth-order valence-corrected chi connectivity index (χ4v) is 2.74. The minimum absolute atomic E-state index is 0.112. The average molecular weight is 364 g/mol. The average Bonchev–Trinajstić information content (AvgIpc) is 2.81. The van der Waals surface area contributed by atoms with Crippen LogP contribution in [0.4, 0.5) is 5.69 Å². The molecule has 4 nitrogen and oxygen atoms in total. The first-order valence-electron chi connectivity index (χ1n) is 5.67. The molecule has 19 heavy (non-hydrogen) atoms. The minimum Gasteiger partial charge on any atom is -0.354 e. The summed E-state index contributed by atoms with van der Waals surface area (Å²) >= 11 is 2.28. The third-order valence-corrected chi connectivity index (χ3v) is 3.92. The standard InChI is InChI=1S/C14H9IN2O2/c15-12-4-2-1-3-11(12)14-8-9-7-10(17(18)19)5-6-13(9)16-14/h1-8,16H. The lowest BCUT2D eigenvalue weighted by molar-refractivity contribution is -0.384. The number of H-pyrrole nitrogens is 1. The lowest BCUT2D eigenvalue weighted by Crippen LogP contribution is -1.86. The first-order chi connectivity index (χ1) is 9.15. The fraction of sp³-hybridized carbons (Fsp3) is 0. The van der Waals surface area contributed by atoms with Gasteiger partial charge in [-0.1, -0.05) is 18.2 Å². The zero-order chi connectivity index (χ0) is 13.4. The highest BCUT2D eigenvalue weighted by atomic mass is 127. The third kappa shape index (κ3) is 2.21. The summed E-state index contributed by atoms with van der Waals surface area (Å²) in [5, 5.41) is 11.6. The number of fused-ring (bicyclic) bond motifs is 1. The maximum absolute atomic E-state index is 10.8. The normalized spacial score (nSPS) is 10.8. The molecule has 0 spiro atoms. The number of halogens is 1. The second kappa shape index (κ2) is 4.65. The van der Waals surface area contributed by atoms with E-state index >= 15 is 0 Å². The van der Waals surface area contributed by atoms with Crippen LogP contribution in [0.2, 0.25) is 0 Å². The summed E-state index contributed by atoms with van der Waals surface area (Å²) in [4.78, 5) is 13.7. The molecule has 5 heteroatoms. The summed E-state index contributed by atoms with van der Waals surface area (Å²) in [5.41, 5.74) is 3.09. The predicted molar refractivity (Wildman–Crippen MR) is 83.1 cm³/mol. The highest BCUT2D eigenvalue weighted by Crippen LogP contribution is 2.29. The summed E-state index contributed by atoms with van der Waals surface area (Å²) in [6, 6.07) is 14.8. The van der Waals surface area contributed by atoms with E-state index < -0.39 is 0 Å². The molecule has 0 unspecified atom stereocenters. The fourth-order valence-electron chi connectivity index (χ4n) is 2.06. The number of benzene rings is 2. The van der Waals surface area contributed by atoms with Crippen molar-refractivity contribution < 1.29 is 4.92 Å². The van der Waals surface area contributed by atoms with Gasteiger partial charge in [0.15, 0.2) is 0 Å². The Balaban J connectivity index is 2.17. The van der Waals surface area contributed by atoms with Crippen molar-refractivity contribution in [1.29, 1.82) is 0 Å². The van der Waals surface area contributed by atoms with E-state index in [2.05, 4.69) is 27.6 Å². The van der Waals surface area contributed by atoms with E-state index in [4.69, 9.17) is 0 Å². The van der Waals surface area contributed by atoms with Gasteiger partial charge in [0.05, 0.1) is 4.92 Å². The Hall–Kier alpha value is -1.89. The van der Waals surface area contributed by atoms with Gasteiger partial charge in [0.25, 0.3) is 5.69 Å². The number of nitrogens with one attached hydrogen (secondary N) is 1. The Morgan fingerprint density at radius 1 is 1.11 bits per heavy atom. The number of nitro groups is 1. The van der Waals surface area contributed by atoms with Crippen LogP contribution in [0.15, 0.2) is 48.5 Å². The van der Waals surface area contributed by atoms with Crippen molar-refractivity contribution in [2.75, 3.05) is 0 Å². The third-order valence-electron chi connectivity index (χ3n) is 2.98. The molecule has 1 heterocycles. The molecule has 94 valence electrons. The number of hydrogen-bond acceptors (Lipinski definition) is 2. The molecular weight excluding hydrogens is 355 g/mol. The van der Waals surface area contributed by atoms with Gasteiger partial charge in [-0.05, 0) is 40.8 Å². The number of non-ortho nitro benzene ring substituents is 1. The first kappa shape index (κ1) is 12.2. The molecule has 0 saturated heterocycles.